The Kier molecular flexibility index (Phi) is 6.50. The number of hydrogen-bond acceptors (Lipinski definition) is 7. The first-order valence-corrected chi connectivity index (χ1v) is 13.5. The molecule has 1 aliphatic heterocycles. The van der Waals surface area contributed by atoms with Gasteiger partial charge in [-0.3, -0.25) is 14.1 Å². The summed E-state index contributed by atoms with van der Waals surface area (Å²) in [4.78, 5) is 20.6. The van der Waals surface area contributed by atoms with Crippen LogP contribution < -0.4 is 15.9 Å². The number of hydrogen-bond donors (Lipinski definition) is 1. The van der Waals surface area contributed by atoms with Crippen LogP contribution in [-0.4, -0.2) is 55.6 Å². The van der Waals surface area contributed by atoms with Gasteiger partial charge in [0, 0.05) is 25.8 Å². The van der Waals surface area contributed by atoms with Crippen LogP contribution in [0.1, 0.15) is 17.5 Å². The molecule has 36 heavy (non-hydrogen) atoms. The second-order valence-electron chi connectivity index (χ2n) is 9.26. The van der Waals surface area contributed by atoms with E-state index >= 15 is 0 Å². The summed E-state index contributed by atoms with van der Waals surface area (Å²) in [5, 5.41) is 0.212. The minimum absolute atomic E-state index is 0.0772. The number of ether oxygens (including phenoxy) is 1. The lowest BCUT2D eigenvalue weighted by Gasteiger charge is -2.26. The van der Waals surface area contributed by atoms with Crippen LogP contribution in [-0.2, 0) is 21.1 Å². The van der Waals surface area contributed by atoms with E-state index in [1.807, 2.05) is 19.9 Å². The molecule has 1 aromatic carbocycles. The number of anilines is 1. The van der Waals surface area contributed by atoms with Gasteiger partial charge in [-0.1, -0.05) is 28.7 Å². The molecule has 4 heterocycles. The standard InChI is InChI=1S/C26H29N5O4S/c1-18-4-7-20(8-5-18)36(33,34)22-16-21-25(28-23-9-6-19(2)17-31(23)26(21)32)30(24(22)27)11-3-10-29-12-14-35-15-13-29/h4-9,16-17,27H,3,10-15H2,1-2H3/p+1. The van der Waals surface area contributed by atoms with Crippen LogP contribution >= 0.6 is 0 Å². The number of nitrogens with two attached hydrogens (primary N) is 1. The van der Waals surface area contributed by atoms with Crippen molar-refractivity contribution in [1.29, 1.82) is 0 Å². The Labute approximate surface area is 209 Å². The maximum absolute atomic E-state index is 13.7. The third-order valence-corrected chi connectivity index (χ3v) is 8.44. The largest absolute Gasteiger partial charge is 0.379 e. The SMILES string of the molecule is Cc1ccc(S(=O)(=O)c2cc3c(=O)n4cc(C)ccc4nc3[n+](CCCN3CCOCC3)c2N)cc1. The molecule has 1 saturated heterocycles. The minimum Gasteiger partial charge on any atom is -0.379 e. The molecule has 0 saturated carbocycles. The molecular formula is C26H30N5O4S+. The van der Waals surface area contributed by atoms with E-state index in [0.29, 0.717) is 37.5 Å². The second-order valence-corrected chi connectivity index (χ2v) is 11.2. The Hall–Kier alpha value is -3.34. The lowest BCUT2D eigenvalue weighted by atomic mass is 10.2. The molecule has 1 aliphatic rings. The zero-order valence-electron chi connectivity index (χ0n) is 20.5. The van der Waals surface area contributed by atoms with E-state index in [4.69, 9.17) is 15.5 Å². The second kappa shape index (κ2) is 9.61. The van der Waals surface area contributed by atoms with E-state index in [9.17, 15) is 13.2 Å². The molecule has 0 radical (unpaired) electrons. The zero-order chi connectivity index (χ0) is 25.4. The summed E-state index contributed by atoms with van der Waals surface area (Å²) in [5.74, 6) is 0.0772. The molecule has 0 aliphatic carbocycles. The highest BCUT2D eigenvalue weighted by atomic mass is 32.2. The Morgan fingerprint density at radius 2 is 1.75 bits per heavy atom. The third-order valence-electron chi connectivity index (χ3n) is 6.64. The average molecular weight is 509 g/mol. The van der Waals surface area contributed by atoms with Gasteiger partial charge in [0.05, 0.1) is 24.7 Å². The normalized spacial score (nSPS) is 15.1. The Morgan fingerprint density at radius 3 is 2.47 bits per heavy atom. The van der Waals surface area contributed by atoms with Crippen molar-refractivity contribution in [3.63, 3.8) is 0 Å². The smallest absolute Gasteiger partial charge is 0.278 e. The van der Waals surface area contributed by atoms with Crippen LogP contribution in [0.3, 0.4) is 0 Å². The van der Waals surface area contributed by atoms with Crippen molar-refractivity contribution in [2.45, 2.75) is 36.6 Å². The molecule has 0 bridgehead atoms. The summed E-state index contributed by atoms with van der Waals surface area (Å²) in [6, 6.07) is 11.7. The molecule has 2 N–H and O–H groups in total. The van der Waals surface area contributed by atoms with Crippen LogP contribution in [0.5, 0.6) is 0 Å². The summed E-state index contributed by atoms with van der Waals surface area (Å²) in [6.45, 7) is 8.11. The number of benzene rings is 1. The minimum atomic E-state index is -3.97. The molecule has 0 atom stereocenters. The molecule has 188 valence electrons. The molecular weight excluding hydrogens is 478 g/mol. The molecule has 0 spiro atoms. The molecule has 10 heteroatoms. The number of sulfone groups is 1. The number of nitrogens with zero attached hydrogens (tertiary/aromatic N) is 4. The van der Waals surface area contributed by atoms with E-state index in [1.54, 1.807) is 41.1 Å². The van der Waals surface area contributed by atoms with Crippen LogP contribution in [0, 0.1) is 13.8 Å². The number of fused-ring (bicyclic) bond motifs is 2. The van der Waals surface area contributed by atoms with Crippen molar-refractivity contribution >= 4 is 32.3 Å². The first-order valence-electron chi connectivity index (χ1n) is 12.0. The first-order chi connectivity index (χ1) is 17.3. The fourth-order valence-corrected chi connectivity index (χ4v) is 6.00. The zero-order valence-corrected chi connectivity index (χ0v) is 21.3. The van der Waals surface area contributed by atoms with Gasteiger partial charge in [0.25, 0.3) is 11.2 Å². The van der Waals surface area contributed by atoms with Crippen molar-refractivity contribution in [1.82, 2.24) is 14.3 Å². The van der Waals surface area contributed by atoms with Crippen molar-refractivity contribution in [3.05, 3.63) is 70.1 Å². The van der Waals surface area contributed by atoms with Gasteiger partial charge in [-0.25, -0.2) is 13.0 Å². The highest BCUT2D eigenvalue weighted by Gasteiger charge is 2.29. The summed E-state index contributed by atoms with van der Waals surface area (Å²) < 4.78 is 35.9. The predicted octanol–water partition coefficient (Wildman–Crippen LogP) is 1.89. The summed E-state index contributed by atoms with van der Waals surface area (Å²) in [6.07, 6.45) is 2.42. The van der Waals surface area contributed by atoms with E-state index in [1.165, 1.54) is 10.5 Å². The van der Waals surface area contributed by atoms with Gasteiger partial charge in [0.2, 0.25) is 21.3 Å². The third kappa shape index (κ3) is 4.47. The summed E-state index contributed by atoms with van der Waals surface area (Å²) in [5.41, 5.74) is 8.91. The van der Waals surface area contributed by atoms with E-state index in [0.717, 1.165) is 30.8 Å². The van der Waals surface area contributed by atoms with E-state index in [-0.39, 0.29) is 26.6 Å². The van der Waals surface area contributed by atoms with Gasteiger partial charge in [0.15, 0.2) is 0 Å². The highest BCUT2D eigenvalue weighted by Crippen LogP contribution is 2.26. The van der Waals surface area contributed by atoms with Crippen molar-refractivity contribution in [2.24, 2.45) is 0 Å². The monoisotopic (exact) mass is 508 g/mol. The number of morpholine rings is 1. The maximum atomic E-state index is 13.7. The highest BCUT2D eigenvalue weighted by molar-refractivity contribution is 7.91. The fraction of sp³-hybridized carbons (Fsp3) is 0.346. The van der Waals surface area contributed by atoms with Gasteiger partial charge in [0.1, 0.15) is 10.3 Å². The van der Waals surface area contributed by atoms with Crippen LogP contribution in [0.2, 0.25) is 0 Å². The number of aryl methyl sites for hydroxylation is 3. The lowest BCUT2D eigenvalue weighted by molar-refractivity contribution is -0.660. The average Bonchev–Trinajstić information content (AvgIpc) is 2.87. The van der Waals surface area contributed by atoms with E-state index < -0.39 is 9.84 Å². The van der Waals surface area contributed by atoms with Gasteiger partial charge >= 0.3 is 0 Å². The summed E-state index contributed by atoms with van der Waals surface area (Å²) in [7, 11) is -3.97. The van der Waals surface area contributed by atoms with Crippen molar-refractivity contribution in [3.8, 4) is 0 Å². The first kappa shape index (κ1) is 24.4. The lowest BCUT2D eigenvalue weighted by Crippen LogP contribution is -2.44. The van der Waals surface area contributed by atoms with Gasteiger partial charge in [-0.2, -0.15) is 0 Å². The Bertz CT molecular complexity index is 1610. The van der Waals surface area contributed by atoms with Crippen molar-refractivity contribution < 1.29 is 17.7 Å². The Balaban J connectivity index is 1.68. The number of aromatic nitrogens is 3. The number of nitrogen functional groups attached to an aromatic ring is 1. The molecule has 4 aromatic rings. The van der Waals surface area contributed by atoms with Gasteiger partial charge in [-0.05, 0) is 50.1 Å². The van der Waals surface area contributed by atoms with Crippen LogP contribution in [0.25, 0.3) is 16.7 Å². The topological polar surface area (TPSA) is 111 Å². The van der Waals surface area contributed by atoms with Gasteiger partial charge < -0.3 is 10.5 Å². The van der Waals surface area contributed by atoms with Crippen LogP contribution in [0.4, 0.5) is 5.82 Å². The molecule has 0 amide bonds. The maximum Gasteiger partial charge on any atom is 0.278 e. The molecule has 0 unspecified atom stereocenters. The molecule has 9 nitrogen and oxygen atoms in total. The number of pyridine rings is 2. The quantitative estimate of drug-likeness (QED) is 0.313. The molecule has 3 aromatic heterocycles. The number of rotatable bonds is 6. The van der Waals surface area contributed by atoms with E-state index in [2.05, 4.69) is 4.90 Å². The fourth-order valence-electron chi connectivity index (χ4n) is 4.59. The van der Waals surface area contributed by atoms with Crippen molar-refractivity contribution in [2.75, 3.05) is 38.6 Å². The Morgan fingerprint density at radius 1 is 1.06 bits per heavy atom. The van der Waals surface area contributed by atoms with Gasteiger partial charge in [-0.15, -0.1) is 0 Å². The predicted molar refractivity (Wildman–Crippen MR) is 137 cm³/mol. The van der Waals surface area contributed by atoms with Crippen LogP contribution in [0.15, 0.2) is 63.2 Å². The molecule has 5 rings (SSSR count). The molecule has 1 fully saturated rings. The summed E-state index contributed by atoms with van der Waals surface area (Å²) >= 11 is 0.